The lowest BCUT2D eigenvalue weighted by Gasteiger charge is -2.12. The average molecular weight is 369 g/mol. The second-order valence-corrected chi connectivity index (χ2v) is 6.73. The van der Waals surface area contributed by atoms with Crippen LogP contribution in [0.4, 0.5) is 5.69 Å². The number of thiophene rings is 1. The molecule has 0 spiro atoms. The van der Waals surface area contributed by atoms with Gasteiger partial charge in [-0.25, -0.2) is 0 Å². The summed E-state index contributed by atoms with van der Waals surface area (Å²) >= 11 is 5.27. The first-order valence-electron chi connectivity index (χ1n) is 6.55. The number of primary amides is 1. The fraction of sp³-hybridized carbons (Fsp3) is 0.267. The van der Waals surface area contributed by atoms with Gasteiger partial charge in [0, 0.05) is 20.8 Å². The highest BCUT2D eigenvalue weighted by Crippen LogP contribution is 2.29. The molecule has 0 saturated heterocycles. The quantitative estimate of drug-likeness (QED) is 0.783. The van der Waals surface area contributed by atoms with Gasteiger partial charge in [-0.3, -0.25) is 4.79 Å². The number of aryl methyl sites for hydroxylation is 1. The molecular weight excluding hydrogens is 352 g/mol. The molecule has 1 amide bonds. The number of benzene rings is 1. The highest BCUT2D eigenvalue weighted by Gasteiger charge is 2.06. The third kappa shape index (κ3) is 4.75. The van der Waals surface area contributed by atoms with E-state index in [4.69, 9.17) is 10.5 Å². The predicted molar refractivity (Wildman–Crippen MR) is 89.8 cm³/mol. The number of nitrogens with two attached hydrogens (primary N) is 1. The number of para-hydroxylation sites is 2. The smallest absolute Gasteiger partial charge is 0.220 e. The number of ether oxygens (including phenoxy) is 1. The molecule has 0 aliphatic carbocycles. The number of carbonyl (C=O) groups excluding carboxylic acids is 1. The molecule has 1 aromatic heterocycles. The fourth-order valence-electron chi connectivity index (χ4n) is 1.79. The van der Waals surface area contributed by atoms with Gasteiger partial charge in [-0.1, -0.05) is 12.1 Å². The molecule has 0 unspecified atom stereocenters. The summed E-state index contributed by atoms with van der Waals surface area (Å²) in [5.74, 6) is 0.366. The van der Waals surface area contributed by atoms with E-state index in [1.807, 2.05) is 24.3 Å². The van der Waals surface area contributed by atoms with E-state index in [1.54, 1.807) is 11.3 Å². The zero-order chi connectivity index (χ0) is 15.2. The minimum absolute atomic E-state index is 0.214. The molecule has 0 aliphatic rings. The van der Waals surface area contributed by atoms with Crippen molar-refractivity contribution in [2.75, 3.05) is 11.9 Å². The third-order valence-corrected chi connectivity index (χ3v) is 4.99. The number of hydrogen-bond acceptors (Lipinski definition) is 4. The summed E-state index contributed by atoms with van der Waals surface area (Å²) in [5, 5.41) is 3.36. The maximum Gasteiger partial charge on any atom is 0.220 e. The maximum absolute atomic E-state index is 10.7. The second-order valence-electron chi connectivity index (χ2n) is 4.53. The minimum Gasteiger partial charge on any atom is -0.491 e. The predicted octanol–water partition coefficient (Wildman–Crippen LogP) is 3.69. The number of carbonyl (C=O) groups is 1. The van der Waals surface area contributed by atoms with Crippen LogP contribution >= 0.6 is 27.3 Å². The van der Waals surface area contributed by atoms with Gasteiger partial charge >= 0.3 is 0 Å². The van der Waals surface area contributed by atoms with Crippen molar-refractivity contribution in [3.8, 4) is 5.75 Å². The standard InChI is InChI=1S/C15H17BrN2O2S/c1-10-12(16)8-11(21-10)9-18-13-4-2-3-5-14(13)20-7-6-15(17)19/h2-5,8,18H,6-7,9H2,1H3,(H2,17,19). The zero-order valence-electron chi connectivity index (χ0n) is 11.7. The van der Waals surface area contributed by atoms with E-state index in [2.05, 4.69) is 34.2 Å². The van der Waals surface area contributed by atoms with Crippen LogP contribution in [0.5, 0.6) is 5.75 Å². The molecule has 0 saturated carbocycles. The lowest BCUT2D eigenvalue weighted by Crippen LogP contribution is -2.15. The zero-order valence-corrected chi connectivity index (χ0v) is 14.1. The Labute approximate surface area is 136 Å². The van der Waals surface area contributed by atoms with Crippen LogP contribution in [0.15, 0.2) is 34.8 Å². The number of amides is 1. The molecule has 3 N–H and O–H groups in total. The van der Waals surface area contributed by atoms with E-state index in [1.165, 1.54) is 9.75 Å². The van der Waals surface area contributed by atoms with Gasteiger partial charge in [-0.15, -0.1) is 11.3 Å². The van der Waals surface area contributed by atoms with Gasteiger partial charge in [0.1, 0.15) is 5.75 Å². The molecule has 112 valence electrons. The first-order valence-corrected chi connectivity index (χ1v) is 8.16. The van der Waals surface area contributed by atoms with Crippen LogP contribution in [0.25, 0.3) is 0 Å². The largest absolute Gasteiger partial charge is 0.491 e. The number of anilines is 1. The first kappa shape index (κ1) is 15.9. The first-order chi connectivity index (χ1) is 10.1. The lowest BCUT2D eigenvalue weighted by atomic mass is 10.3. The Morgan fingerprint density at radius 2 is 2.19 bits per heavy atom. The third-order valence-electron chi connectivity index (χ3n) is 2.85. The van der Waals surface area contributed by atoms with E-state index in [9.17, 15) is 4.79 Å². The van der Waals surface area contributed by atoms with Crippen LogP contribution in [-0.4, -0.2) is 12.5 Å². The van der Waals surface area contributed by atoms with E-state index in [0.717, 1.165) is 22.5 Å². The van der Waals surface area contributed by atoms with Crippen LogP contribution in [0.3, 0.4) is 0 Å². The van der Waals surface area contributed by atoms with Crippen LogP contribution < -0.4 is 15.8 Å². The van der Waals surface area contributed by atoms with Gasteiger partial charge < -0.3 is 15.8 Å². The van der Waals surface area contributed by atoms with Crippen molar-refractivity contribution in [3.05, 3.63) is 44.6 Å². The number of nitrogens with one attached hydrogen (secondary N) is 1. The minimum atomic E-state index is -0.362. The SMILES string of the molecule is Cc1sc(CNc2ccccc2OCCC(N)=O)cc1Br. The highest BCUT2D eigenvalue weighted by atomic mass is 79.9. The Kier molecular flexibility index (Phi) is 5.64. The maximum atomic E-state index is 10.7. The van der Waals surface area contributed by atoms with Crippen molar-refractivity contribution >= 4 is 38.9 Å². The Balaban J connectivity index is 1.97. The summed E-state index contributed by atoms with van der Waals surface area (Å²) in [6.45, 7) is 3.10. The van der Waals surface area contributed by atoms with Crippen molar-refractivity contribution in [2.45, 2.75) is 19.9 Å². The highest BCUT2D eigenvalue weighted by molar-refractivity contribution is 9.10. The molecule has 0 bridgehead atoms. The average Bonchev–Trinajstić information content (AvgIpc) is 2.76. The van der Waals surface area contributed by atoms with E-state index in [-0.39, 0.29) is 18.9 Å². The van der Waals surface area contributed by atoms with Gasteiger partial charge in [-0.2, -0.15) is 0 Å². The molecule has 1 heterocycles. The summed E-state index contributed by atoms with van der Waals surface area (Å²) in [6.07, 6.45) is 0.214. The Bertz CT molecular complexity index is 608. The number of rotatable bonds is 7. The summed E-state index contributed by atoms with van der Waals surface area (Å²) < 4.78 is 6.73. The molecule has 1 aromatic carbocycles. The molecule has 0 aliphatic heterocycles. The Morgan fingerprint density at radius 1 is 1.43 bits per heavy atom. The van der Waals surface area contributed by atoms with E-state index in [0.29, 0.717) is 0 Å². The van der Waals surface area contributed by atoms with Gasteiger partial charge in [0.15, 0.2) is 0 Å². The summed E-state index contributed by atoms with van der Waals surface area (Å²) in [5.41, 5.74) is 6.01. The van der Waals surface area contributed by atoms with Crippen LogP contribution in [0, 0.1) is 6.92 Å². The second kappa shape index (κ2) is 7.47. The van der Waals surface area contributed by atoms with Gasteiger partial charge in [0.25, 0.3) is 0 Å². The molecule has 21 heavy (non-hydrogen) atoms. The normalized spacial score (nSPS) is 10.4. The monoisotopic (exact) mass is 368 g/mol. The van der Waals surface area contributed by atoms with Crippen LogP contribution in [0.1, 0.15) is 16.2 Å². The summed E-state index contributed by atoms with van der Waals surface area (Å²) in [7, 11) is 0. The summed E-state index contributed by atoms with van der Waals surface area (Å²) in [6, 6.07) is 9.78. The van der Waals surface area contributed by atoms with E-state index < -0.39 is 0 Å². The molecule has 6 heteroatoms. The van der Waals surface area contributed by atoms with Crippen molar-refractivity contribution < 1.29 is 9.53 Å². The molecule has 2 rings (SSSR count). The number of halogens is 1. The molecule has 0 atom stereocenters. The lowest BCUT2D eigenvalue weighted by molar-refractivity contribution is -0.118. The van der Waals surface area contributed by atoms with Gasteiger partial charge in [0.05, 0.1) is 18.7 Å². The molecular formula is C15H17BrN2O2S. The Morgan fingerprint density at radius 3 is 2.86 bits per heavy atom. The van der Waals surface area contributed by atoms with E-state index >= 15 is 0 Å². The van der Waals surface area contributed by atoms with Crippen molar-refractivity contribution in [3.63, 3.8) is 0 Å². The molecule has 0 fully saturated rings. The van der Waals surface area contributed by atoms with Gasteiger partial charge in [-0.05, 0) is 41.1 Å². The molecule has 2 aromatic rings. The van der Waals surface area contributed by atoms with Crippen molar-refractivity contribution in [2.24, 2.45) is 5.73 Å². The van der Waals surface area contributed by atoms with Crippen molar-refractivity contribution in [1.29, 1.82) is 0 Å². The van der Waals surface area contributed by atoms with Crippen LogP contribution in [0.2, 0.25) is 0 Å². The summed E-state index contributed by atoms with van der Waals surface area (Å²) in [4.78, 5) is 13.2. The topological polar surface area (TPSA) is 64.3 Å². The fourth-order valence-corrected chi connectivity index (χ4v) is 3.33. The Hall–Kier alpha value is -1.53. The van der Waals surface area contributed by atoms with Gasteiger partial charge in [0.2, 0.25) is 5.91 Å². The molecule has 0 radical (unpaired) electrons. The number of hydrogen-bond donors (Lipinski definition) is 2. The van der Waals surface area contributed by atoms with Crippen LogP contribution in [-0.2, 0) is 11.3 Å². The molecule has 4 nitrogen and oxygen atoms in total. The van der Waals surface area contributed by atoms with Crippen molar-refractivity contribution in [1.82, 2.24) is 0 Å².